The summed E-state index contributed by atoms with van der Waals surface area (Å²) in [6, 6.07) is 0. The quantitative estimate of drug-likeness (QED) is 0.712. The molecule has 2 rings (SSSR count). The van der Waals surface area contributed by atoms with Gasteiger partial charge in [-0.05, 0) is 32.1 Å². The van der Waals surface area contributed by atoms with Crippen LogP contribution in [-0.2, 0) is 4.79 Å². The molecule has 2 aliphatic rings. The molecule has 1 saturated carbocycles. The van der Waals surface area contributed by atoms with Crippen LogP contribution in [0.1, 0.15) is 39.5 Å². The van der Waals surface area contributed by atoms with E-state index in [4.69, 9.17) is 0 Å². The molecule has 0 radical (unpaired) electrons. The van der Waals surface area contributed by atoms with Crippen molar-refractivity contribution in [2.24, 2.45) is 11.8 Å². The Bertz CT molecular complexity index is 262. The van der Waals surface area contributed by atoms with Gasteiger partial charge in [-0.3, -0.25) is 4.79 Å². The summed E-state index contributed by atoms with van der Waals surface area (Å²) in [4.78, 5) is 14.0. The highest BCUT2D eigenvalue weighted by molar-refractivity contribution is 5.79. The number of rotatable bonds is 1. The number of amides is 1. The van der Waals surface area contributed by atoms with Crippen molar-refractivity contribution >= 4 is 5.91 Å². The molecule has 1 amide bonds. The predicted molar refractivity (Wildman–Crippen MR) is 58.3 cm³/mol. The van der Waals surface area contributed by atoms with Gasteiger partial charge in [0.25, 0.3) is 0 Å². The molecular weight excluding hydrogens is 190 g/mol. The first-order valence-corrected chi connectivity index (χ1v) is 6.01. The molecule has 3 unspecified atom stereocenters. The topological polar surface area (TPSA) is 40.5 Å². The van der Waals surface area contributed by atoms with Crippen LogP contribution in [0.2, 0.25) is 0 Å². The second-order valence-electron chi connectivity index (χ2n) is 5.52. The van der Waals surface area contributed by atoms with Crippen LogP contribution in [0.3, 0.4) is 0 Å². The monoisotopic (exact) mass is 211 g/mol. The molecule has 2 fully saturated rings. The number of carbonyl (C=O) groups excluding carboxylic acids is 1. The SMILES string of the molecule is CC1CCCC1C(=O)N1CCC(C)(O)C1. The molecule has 3 atom stereocenters. The fourth-order valence-electron chi connectivity index (χ4n) is 2.88. The molecule has 1 heterocycles. The van der Waals surface area contributed by atoms with Gasteiger partial charge in [-0.15, -0.1) is 0 Å². The van der Waals surface area contributed by atoms with Crippen LogP contribution in [-0.4, -0.2) is 34.6 Å². The van der Waals surface area contributed by atoms with Crippen LogP contribution in [0.5, 0.6) is 0 Å². The molecule has 0 bridgehead atoms. The number of aliphatic hydroxyl groups is 1. The van der Waals surface area contributed by atoms with Crippen LogP contribution < -0.4 is 0 Å². The van der Waals surface area contributed by atoms with Crippen molar-refractivity contribution in [1.29, 1.82) is 0 Å². The Morgan fingerprint density at radius 1 is 1.47 bits per heavy atom. The zero-order valence-electron chi connectivity index (χ0n) is 9.70. The van der Waals surface area contributed by atoms with Crippen molar-refractivity contribution in [2.75, 3.05) is 13.1 Å². The van der Waals surface area contributed by atoms with Gasteiger partial charge in [0.05, 0.1) is 5.60 Å². The van der Waals surface area contributed by atoms with E-state index in [1.807, 2.05) is 11.8 Å². The fraction of sp³-hybridized carbons (Fsp3) is 0.917. The molecule has 1 saturated heterocycles. The van der Waals surface area contributed by atoms with E-state index in [9.17, 15) is 9.90 Å². The molecule has 1 aliphatic carbocycles. The third kappa shape index (κ3) is 2.17. The Morgan fingerprint density at radius 3 is 2.67 bits per heavy atom. The number of carbonyl (C=O) groups is 1. The minimum absolute atomic E-state index is 0.221. The van der Waals surface area contributed by atoms with Crippen molar-refractivity contribution in [3.63, 3.8) is 0 Å². The Hall–Kier alpha value is -0.570. The van der Waals surface area contributed by atoms with Gasteiger partial charge in [-0.2, -0.15) is 0 Å². The van der Waals surface area contributed by atoms with E-state index in [0.717, 1.165) is 19.4 Å². The van der Waals surface area contributed by atoms with Crippen molar-refractivity contribution in [1.82, 2.24) is 4.90 Å². The molecule has 0 aromatic heterocycles. The second-order valence-corrected chi connectivity index (χ2v) is 5.52. The highest BCUT2D eigenvalue weighted by atomic mass is 16.3. The zero-order chi connectivity index (χ0) is 11.1. The first-order chi connectivity index (χ1) is 6.99. The lowest BCUT2D eigenvalue weighted by atomic mass is 9.97. The van der Waals surface area contributed by atoms with Crippen LogP contribution >= 0.6 is 0 Å². The highest BCUT2D eigenvalue weighted by Crippen LogP contribution is 2.34. The average Bonchev–Trinajstić information content (AvgIpc) is 2.71. The van der Waals surface area contributed by atoms with Crippen molar-refractivity contribution in [3.05, 3.63) is 0 Å². The summed E-state index contributed by atoms with van der Waals surface area (Å²) < 4.78 is 0. The second kappa shape index (κ2) is 3.78. The molecule has 0 aromatic carbocycles. The molecule has 0 aromatic rings. The normalized spacial score (nSPS) is 41.1. The van der Waals surface area contributed by atoms with E-state index < -0.39 is 5.60 Å². The maximum absolute atomic E-state index is 12.2. The van der Waals surface area contributed by atoms with E-state index in [2.05, 4.69) is 6.92 Å². The third-order valence-corrected chi connectivity index (χ3v) is 3.94. The highest BCUT2D eigenvalue weighted by Gasteiger charge is 2.39. The predicted octanol–water partition coefficient (Wildman–Crippen LogP) is 1.41. The maximum atomic E-state index is 12.2. The lowest BCUT2D eigenvalue weighted by Crippen LogP contribution is -2.38. The average molecular weight is 211 g/mol. The van der Waals surface area contributed by atoms with E-state index in [1.54, 1.807) is 0 Å². The minimum Gasteiger partial charge on any atom is -0.388 e. The molecule has 1 N–H and O–H groups in total. The summed E-state index contributed by atoms with van der Waals surface area (Å²) in [5, 5.41) is 9.83. The number of β-amino-alcohol motifs (C(OH)–C–C–N with tert-alkyl or cyclic N) is 1. The van der Waals surface area contributed by atoms with Crippen LogP contribution in [0, 0.1) is 11.8 Å². The van der Waals surface area contributed by atoms with E-state index >= 15 is 0 Å². The summed E-state index contributed by atoms with van der Waals surface area (Å²) in [6.07, 6.45) is 4.13. The van der Waals surface area contributed by atoms with Gasteiger partial charge in [-0.1, -0.05) is 13.3 Å². The summed E-state index contributed by atoms with van der Waals surface area (Å²) in [5.74, 6) is 1.03. The molecule has 15 heavy (non-hydrogen) atoms. The van der Waals surface area contributed by atoms with Gasteiger partial charge >= 0.3 is 0 Å². The van der Waals surface area contributed by atoms with Crippen LogP contribution in [0.15, 0.2) is 0 Å². The van der Waals surface area contributed by atoms with E-state index in [1.165, 1.54) is 12.8 Å². The number of nitrogens with zero attached hydrogens (tertiary/aromatic N) is 1. The van der Waals surface area contributed by atoms with Gasteiger partial charge in [0.2, 0.25) is 5.91 Å². The van der Waals surface area contributed by atoms with Gasteiger partial charge in [0.15, 0.2) is 0 Å². The summed E-state index contributed by atoms with van der Waals surface area (Å²) in [6.45, 7) is 5.24. The van der Waals surface area contributed by atoms with Crippen LogP contribution in [0.25, 0.3) is 0 Å². The first-order valence-electron chi connectivity index (χ1n) is 6.01. The number of hydrogen-bond acceptors (Lipinski definition) is 2. The Kier molecular flexibility index (Phi) is 2.75. The Balaban J connectivity index is 1.97. The minimum atomic E-state index is -0.655. The summed E-state index contributed by atoms with van der Waals surface area (Å²) in [5.41, 5.74) is -0.655. The smallest absolute Gasteiger partial charge is 0.226 e. The van der Waals surface area contributed by atoms with Gasteiger partial charge in [0, 0.05) is 19.0 Å². The lowest BCUT2D eigenvalue weighted by Gasteiger charge is -2.24. The van der Waals surface area contributed by atoms with E-state index in [0.29, 0.717) is 12.5 Å². The number of hydrogen-bond donors (Lipinski definition) is 1. The summed E-state index contributed by atoms with van der Waals surface area (Å²) in [7, 11) is 0. The van der Waals surface area contributed by atoms with Crippen molar-refractivity contribution in [3.8, 4) is 0 Å². The van der Waals surface area contributed by atoms with Crippen molar-refractivity contribution < 1.29 is 9.90 Å². The lowest BCUT2D eigenvalue weighted by molar-refractivity contribution is -0.136. The van der Waals surface area contributed by atoms with Gasteiger partial charge in [-0.25, -0.2) is 0 Å². The molecule has 3 heteroatoms. The Morgan fingerprint density at radius 2 is 2.20 bits per heavy atom. The molecule has 3 nitrogen and oxygen atoms in total. The van der Waals surface area contributed by atoms with Crippen LogP contribution in [0.4, 0.5) is 0 Å². The van der Waals surface area contributed by atoms with Crippen molar-refractivity contribution in [2.45, 2.75) is 45.1 Å². The third-order valence-electron chi connectivity index (χ3n) is 3.94. The molecule has 1 aliphatic heterocycles. The maximum Gasteiger partial charge on any atom is 0.226 e. The van der Waals surface area contributed by atoms with Gasteiger partial charge < -0.3 is 10.0 Å². The zero-order valence-corrected chi connectivity index (χ0v) is 9.70. The number of likely N-dealkylation sites (tertiary alicyclic amines) is 1. The van der Waals surface area contributed by atoms with E-state index in [-0.39, 0.29) is 11.8 Å². The first kappa shape index (κ1) is 10.9. The fourth-order valence-corrected chi connectivity index (χ4v) is 2.88. The largest absolute Gasteiger partial charge is 0.388 e. The standard InChI is InChI=1S/C12H21NO2/c1-9-4-3-5-10(9)11(14)13-7-6-12(2,15)8-13/h9-10,15H,3-8H2,1-2H3. The Labute approximate surface area is 91.5 Å². The molecule has 0 spiro atoms. The van der Waals surface area contributed by atoms with Gasteiger partial charge in [0.1, 0.15) is 0 Å². The molecule has 86 valence electrons. The summed E-state index contributed by atoms with van der Waals surface area (Å²) >= 11 is 0. The molecular formula is C12H21NO2.